The van der Waals surface area contributed by atoms with E-state index >= 15 is 0 Å². The van der Waals surface area contributed by atoms with Gasteiger partial charge in [-0.05, 0) is 41.1 Å². The second-order valence-corrected chi connectivity index (χ2v) is 5.11. The normalized spacial score (nSPS) is 12.7. The van der Waals surface area contributed by atoms with E-state index in [0.29, 0.717) is 0 Å². The Balaban J connectivity index is 2.15. The van der Waals surface area contributed by atoms with Crippen molar-refractivity contribution in [2.75, 3.05) is 7.05 Å². The van der Waals surface area contributed by atoms with Gasteiger partial charge < -0.3 is 5.32 Å². The second-order valence-electron chi connectivity index (χ2n) is 4.19. The Hall–Kier alpha value is -1.71. The van der Waals surface area contributed by atoms with E-state index in [2.05, 4.69) is 46.0 Å². The molecule has 0 radical (unpaired) electrons. The van der Waals surface area contributed by atoms with Crippen LogP contribution in [-0.2, 0) is 0 Å². The highest BCUT2D eigenvalue weighted by Gasteiger charge is 2.15. The molecule has 18 heavy (non-hydrogen) atoms. The quantitative estimate of drug-likeness (QED) is 0.772. The smallest absolute Gasteiger partial charge is 0.0603 e. The Morgan fingerprint density at radius 3 is 2.89 bits per heavy atom. The number of nitrogens with zero attached hydrogens (tertiary/aromatic N) is 1. The number of aromatic nitrogens is 1. The molecule has 0 aliphatic carbocycles. The molecule has 2 nitrogen and oxygen atoms in total. The fourth-order valence-electron chi connectivity index (χ4n) is 2.29. The molecule has 1 aromatic carbocycles. The minimum absolute atomic E-state index is 0.195. The Kier molecular flexibility index (Phi) is 3.09. The van der Waals surface area contributed by atoms with Gasteiger partial charge in [0.25, 0.3) is 0 Å². The van der Waals surface area contributed by atoms with Crippen molar-refractivity contribution in [3.8, 4) is 0 Å². The molecule has 1 N–H and O–H groups in total. The van der Waals surface area contributed by atoms with Gasteiger partial charge in [0.1, 0.15) is 0 Å². The van der Waals surface area contributed by atoms with Crippen molar-refractivity contribution in [1.29, 1.82) is 0 Å². The first kappa shape index (κ1) is 11.4. The topological polar surface area (TPSA) is 24.9 Å². The zero-order valence-corrected chi connectivity index (χ0v) is 10.9. The van der Waals surface area contributed by atoms with Gasteiger partial charge in [0, 0.05) is 17.1 Å². The van der Waals surface area contributed by atoms with Gasteiger partial charge in [-0.25, -0.2) is 0 Å². The molecule has 0 bridgehead atoms. The summed E-state index contributed by atoms with van der Waals surface area (Å²) >= 11 is 1.79. The molecule has 0 aliphatic rings. The van der Waals surface area contributed by atoms with Crippen LogP contribution in [0.25, 0.3) is 10.1 Å². The summed E-state index contributed by atoms with van der Waals surface area (Å²) < 4.78 is 1.35. The van der Waals surface area contributed by atoms with Gasteiger partial charge in [-0.3, -0.25) is 4.98 Å². The third kappa shape index (κ3) is 1.92. The number of thiophene rings is 1. The molecule has 1 atom stereocenters. The molecule has 3 aromatic rings. The molecule has 0 spiro atoms. The number of pyridine rings is 1. The van der Waals surface area contributed by atoms with E-state index in [1.165, 1.54) is 21.2 Å². The maximum atomic E-state index is 4.21. The molecule has 1 unspecified atom stereocenters. The minimum Gasteiger partial charge on any atom is -0.309 e. The van der Waals surface area contributed by atoms with Gasteiger partial charge in [-0.2, -0.15) is 0 Å². The highest BCUT2D eigenvalue weighted by atomic mass is 32.1. The third-order valence-electron chi connectivity index (χ3n) is 3.13. The third-order valence-corrected chi connectivity index (χ3v) is 4.11. The van der Waals surface area contributed by atoms with E-state index in [1.54, 1.807) is 11.3 Å². The van der Waals surface area contributed by atoms with Crippen LogP contribution in [0.3, 0.4) is 0 Å². The van der Waals surface area contributed by atoms with Gasteiger partial charge in [0.2, 0.25) is 0 Å². The van der Waals surface area contributed by atoms with Crippen LogP contribution >= 0.6 is 11.3 Å². The summed E-state index contributed by atoms with van der Waals surface area (Å²) in [5.41, 5.74) is 2.51. The van der Waals surface area contributed by atoms with Gasteiger partial charge in [0.15, 0.2) is 0 Å². The average Bonchev–Trinajstić information content (AvgIpc) is 2.90. The predicted octanol–water partition coefficient (Wildman–Crippen LogP) is 3.61. The summed E-state index contributed by atoms with van der Waals surface area (Å²) in [6.45, 7) is 0. The number of benzene rings is 1. The van der Waals surface area contributed by atoms with Gasteiger partial charge >= 0.3 is 0 Å². The summed E-state index contributed by atoms with van der Waals surface area (Å²) in [6.07, 6.45) is 3.73. The fourth-order valence-corrected chi connectivity index (χ4v) is 3.24. The lowest BCUT2D eigenvalue weighted by molar-refractivity contribution is 0.694. The number of nitrogens with one attached hydrogen (secondary N) is 1. The number of hydrogen-bond acceptors (Lipinski definition) is 3. The largest absolute Gasteiger partial charge is 0.309 e. The highest BCUT2D eigenvalue weighted by Crippen LogP contribution is 2.31. The predicted molar refractivity (Wildman–Crippen MR) is 77.0 cm³/mol. The molecular formula is C15H14N2S. The van der Waals surface area contributed by atoms with Gasteiger partial charge in [-0.1, -0.05) is 24.3 Å². The van der Waals surface area contributed by atoms with E-state index in [-0.39, 0.29) is 6.04 Å². The summed E-state index contributed by atoms with van der Waals surface area (Å²) in [5.74, 6) is 0. The number of fused-ring (bicyclic) bond motifs is 1. The first-order valence-corrected chi connectivity index (χ1v) is 6.81. The maximum absolute atomic E-state index is 4.21. The lowest BCUT2D eigenvalue weighted by Gasteiger charge is -2.17. The van der Waals surface area contributed by atoms with E-state index in [1.807, 2.05) is 25.5 Å². The lowest BCUT2D eigenvalue weighted by atomic mass is 9.99. The molecule has 2 aromatic heterocycles. The van der Waals surface area contributed by atoms with Crippen LogP contribution in [-0.4, -0.2) is 12.0 Å². The van der Waals surface area contributed by atoms with E-state index in [4.69, 9.17) is 0 Å². The number of rotatable bonds is 3. The molecule has 0 aliphatic heterocycles. The Labute approximate surface area is 110 Å². The molecule has 90 valence electrons. The van der Waals surface area contributed by atoms with E-state index in [9.17, 15) is 0 Å². The Morgan fingerprint density at radius 2 is 2.11 bits per heavy atom. The number of hydrogen-bond donors (Lipinski definition) is 1. The molecule has 0 saturated carbocycles. The van der Waals surface area contributed by atoms with E-state index in [0.717, 1.165) is 0 Å². The minimum atomic E-state index is 0.195. The van der Waals surface area contributed by atoms with Crippen LogP contribution in [0.2, 0.25) is 0 Å². The van der Waals surface area contributed by atoms with Crippen molar-refractivity contribution in [3.63, 3.8) is 0 Å². The summed E-state index contributed by atoms with van der Waals surface area (Å²) in [7, 11) is 1.99. The van der Waals surface area contributed by atoms with Crippen LogP contribution in [0, 0.1) is 0 Å². The summed E-state index contributed by atoms with van der Waals surface area (Å²) in [5, 5.41) is 6.83. The fraction of sp³-hybridized carbons (Fsp3) is 0.133. The lowest BCUT2D eigenvalue weighted by Crippen LogP contribution is -2.17. The maximum Gasteiger partial charge on any atom is 0.0603 e. The van der Waals surface area contributed by atoms with Gasteiger partial charge in [-0.15, -0.1) is 11.3 Å². The van der Waals surface area contributed by atoms with Crippen LogP contribution in [0.1, 0.15) is 17.2 Å². The first-order chi connectivity index (χ1) is 8.90. The molecule has 2 heterocycles. The highest BCUT2D eigenvalue weighted by molar-refractivity contribution is 7.17. The average molecular weight is 254 g/mol. The van der Waals surface area contributed by atoms with E-state index < -0.39 is 0 Å². The first-order valence-electron chi connectivity index (χ1n) is 5.93. The molecule has 0 amide bonds. The monoisotopic (exact) mass is 254 g/mol. The Bertz CT molecular complexity index is 646. The summed E-state index contributed by atoms with van der Waals surface area (Å²) in [6, 6.07) is 12.9. The molecule has 3 rings (SSSR count). The van der Waals surface area contributed by atoms with Crippen molar-refractivity contribution in [3.05, 3.63) is 65.3 Å². The molecule has 3 heteroatoms. The molecular weight excluding hydrogens is 240 g/mol. The van der Waals surface area contributed by atoms with Crippen molar-refractivity contribution in [2.45, 2.75) is 6.04 Å². The zero-order valence-electron chi connectivity index (χ0n) is 10.1. The zero-order chi connectivity index (χ0) is 12.4. The van der Waals surface area contributed by atoms with Crippen LogP contribution < -0.4 is 5.32 Å². The molecule has 0 saturated heterocycles. The SMILES string of the molecule is CNC(c1cccnc1)c1cccc2ccsc12. The van der Waals surface area contributed by atoms with Crippen LogP contribution in [0.5, 0.6) is 0 Å². The van der Waals surface area contributed by atoms with Gasteiger partial charge in [0.05, 0.1) is 6.04 Å². The van der Waals surface area contributed by atoms with Crippen molar-refractivity contribution in [2.24, 2.45) is 0 Å². The van der Waals surface area contributed by atoms with Crippen molar-refractivity contribution < 1.29 is 0 Å². The Morgan fingerprint density at radius 1 is 1.17 bits per heavy atom. The van der Waals surface area contributed by atoms with Crippen molar-refractivity contribution in [1.82, 2.24) is 10.3 Å². The summed E-state index contributed by atoms with van der Waals surface area (Å²) in [4.78, 5) is 4.21. The standard InChI is InChI=1S/C15H14N2S/c1-16-14(12-5-3-8-17-10-12)13-6-2-4-11-7-9-18-15(11)13/h2-10,14,16H,1H3. The molecule has 0 fully saturated rings. The second kappa shape index (κ2) is 4.88. The van der Waals surface area contributed by atoms with Crippen LogP contribution in [0.15, 0.2) is 54.2 Å². The van der Waals surface area contributed by atoms with Crippen LogP contribution in [0.4, 0.5) is 0 Å². The van der Waals surface area contributed by atoms with Crippen molar-refractivity contribution >= 4 is 21.4 Å².